The Bertz CT molecular complexity index is 1470. The molecule has 0 saturated heterocycles. The highest BCUT2D eigenvalue weighted by Crippen LogP contribution is 2.34. The largest absolute Gasteiger partial charge is 0.573 e. The van der Waals surface area contributed by atoms with Crippen LogP contribution in [-0.4, -0.2) is 13.0 Å². The first-order valence-electron chi connectivity index (χ1n) is 12.5. The van der Waals surface area contributed by atoms with E-state index in [-0.39, 0.29) is 46.2 Å². The predicted molar refractivity (Wildman–Crippen MR) is 135 cm³/mol. The molecule has 0 aliphatic heterocycles. The zero-order valence-corrected chi connectivity index (χ0v) is 21.3. The van der Waals surface area contributed by atoms with Gasteiger partial charge in [-0.15, -0.1) is 13.2 Å². The maximum atomic E-state index is 15.2. The van der Waals surface area contributed by atoms with Crippen LogP contribution in [0, 0.1) is 29.1 Å². The number of aryl methyl sites for hydroxylation is 2. The van der Waals surface area contributed by atoms with Gasteiger partial charge in [0.1, 0.15) is 23.2 Å². The minimum atomic E-state index is -5.26. The fourth-order valence-corrected chi connectivity index (χ4v) is 4.39. The van der Waals surface area contributed by atoms with Gasteiger partial charge in [-0.2, -0.15) is 0 Å². The summed E-state index contributed by atoms with van der Waals surface area (Å²) >= 11 is 0. The maximum absolute atomic E-state index is 15.2. The van der Waals surface area contributed by atoms with Crippen LogP contribution in [0.1, 0.15) is 37.3 Å². The Balaban J connectivity index is 1.53. The van der Waals surface area contributed by atoms with E-state index in [0.29, 0.717) is 24.1 Å². The molecule has 4 rings (SSSR count). The van der Waals surface area contributed by atoms with Gasteiger partial charge >= 0.3 is 6.36 Å². The van der Waals surface area contributed by atoms with Crippen LogP contribution in [0.25, 0.3) is 21.9 Å². The highest BCUT2D eigenvalue weighted by atomic mass is 19.4. The van der Waals surface area contributed by atoms with Crippen molar-refractivity contribution in [1.82, 2.24) is 0 Å². The Morgan fingerprint density at radius 2 is 1.40 bits per heavy atom. The second-order valence-corrected chi connectivity index (χ2v) is 9.23. The van der Waals surface area contributed by atoms with Gasteiger partial charge in [0.15, 0.2) is 11.6 Å². The molecule has 0 radical (unpaired) electrons. The number of unbranched alkanes of at least 4 members (excludes halogenated alkanes) is 2. The number of fused-ring (bicyclic) bond motifs is 1. The molecule has 0 heterocycles. The van der Waals surface area contributed by atoms with E-state index in [2.05, 4.69) is 4.74 Å². The normalized spacial score (nSPS) is 11.7. The molecule has 0 unspecified atom stereocenters. The Morgan fingerprint density at radius 3 is 2.02 bits per heavy atom. The lowest BCUT2D eigenvalue weighted by Crippen LogP contribution is -2.19. The molecule has 4 aromatic rings. The fraction of sp³-hybridized carbons (Fsp3) is 0.267. The molecule has 0 amide bonds. The quantitative estimate of drug-likeness (QED) is 0.140. The van der Waals surface area contributed by atoms with Crippen LogP contribution in [0.15, 0.2) is 54.6 Å². The summed E-state index contributed by atoms with van der Waals surface area (Å²) in [4.78, 5) is 0. The molecule has 10 heteroatoms. The summed E-state index contributed by atoms with van der Waals surface area (Å²) in [5.41, 5.74) is 0.0929. The van der Waals surface area contributed by atoms with Crippen LogP contribution in [-0.2, 0) is 12.8 Å². The average Bonchev–Trinajstić information content (AvgIpc) is 2.87. The number of hydrogen-bond acceptors (Lipinski definition) is 2. The van der Waals surface area contributed by atoms with E-state index >= 15 is 4.39 Å². The van der Waals surface area contributed by atoms with E-state index in [0.717, 1.165) is 31.4 Å². The molecule has 0 spiro atoms. The highest BCUT2D eigenvalue weighted by molar-refractivity contribution is 5.88. The van der Waals surface area contributed by atoms with Crippen LogP contribution >= 0.6 is 0 Å². The predicted octanol–water partition coefficient (Wildman–Crippen LogP) is 9.46. The minimum absolute atomic E-state index is 0.00288. The van der Waals surface area contributed by atoms with E-state index in [4.69, 9.17) is 4.74 Å². The summed E-state index contributed by atoms with van der Waals surface area (Å²) in [5.74, 6) is -6.84. The summed E-state index contributed by atoms with van der Waals surface area (Å²) in [7, 11) is 0. The fourth-order valence-electron chi connectivity index (χ4n) is 4.39. The van der Waals surface area contributed by atoms with Crippen molar-refractivity contribution in [2.24, 2.45) is 0 Å². The van der Waals surface area contributed by atoms with E-state index in [1.807, 2.05) is 6.92 Å². The van der Waals surface area contributed by atoms with E-state index in [1.54, 1.807) is 6.07 Å². The van der Waals surface area contributed by atoms with Crippen LogP contribution in [0.4, 0.5) is 35.1 Å². The topological polar surface area (TPSA) is 18.5 Å². The smallest absolute Gasteiger partial charge is 0.493 e. The summed E-state index contributed by atoms with van der Waals surface area (Å²) in [6.45, 7) is 2.36. The van der Waals surface area contributed by atoms with Crippen LogP contribution < -0.4 is 9.47 Å². The SMILES string of the molecule is CCCCCOc1cc(F)c(-c2ccc3c(F)c(CCc4cc(F)c(OC(F)(F)F)c(F)c4)ccc3c2)c(F)c1. The number of alkyl halides is 3. The standard InChI is InChI=1S/C30H24F8O2/c1-2-3-4-11-39-21-15-23(31)27(24(32)16-21)20-9-10-22-19(14-20)8-7-18(28(22)35)6-5-17-12-25(33)29(26(34)13-17)40-30(36,37)38/h7-10,12-16H,2-6,11H2,1H3. The Hall–Kier alpha value is -3.82. The molecule has 2 nitrogen and oxygen atoms in total. The van der Waals surface area contributed by atoms with Crippen molar-refractivity contribution >= 4 is 10.8 Å². The number of hydrogen-bond donors (Lipinski definition) is 0. The van der Waals surface area contributed by atoms with Gasteiger partial charge in [-0.1, -0.05) is 44.0 Å². The molecule has 0 atom stereocenters. The molecule has 0 aliphatic rings. The lowest BCUT2D eigenvalue weighted by Gasteiger charge is -2.13. The Morgan fingerprint density at radius 1 is 0.725 bits per heavy atom. The summed E-state index contributed by atoms with van der Waals surface area (Å²) in [5, 5.41) is 0.521. The molecule has 212 valence electrons. The van der Waals surface area contributed by atoms with E-state index < -0.39 is 41.2 Å². The van der Waals surface area contributed by atoms with E-state index in [1.165, 1.54) is 24.3 Å². The van der Waals surface area contributed by atoms with Crippen molar-refractivity contribution in [2.75, 3.05) is 6.61 Å². The first kappa shape index (κ1) is 29.2. The van der Waals surface area contributed by atoms with Crippen molar-refractivity contribution in [2.45, 2.75) is 45.4 Å². The lowest BCUT2D eigenvalue weighted by molar-refractivity contribution is -0.276. The first-order valence-corrected chi connectivity index (χ1v) is 12.5. The molecule has 40 heavy (non-hydrogen) atoms. The molecular weight excluding hydrogens is 544 g/mol. The molecule has 4 aromatic carbocycles. The minimum Gasteiger partial charge on any atom is -0.493 e. The summed E-state index contributed by atoms with van der Waals surface area (Å²) in [6, 6.07) is 10.8. The van der Waals surface area contributed by atoms with Crippen molar-refractivity contribution in [1.29, 1.82) is 0 Å². The highest BCUT2D eigenvalue weighted by Gasteiger charge is 2.34. The van der Waals surface area contributed by atoms with Crippen molar-refractivity contribution < 1.29 is 44.6 Å². The number of halogens is 8. The van der Waals surface area contributed by atoms with Gasteiger partial charge in [0, 0.05) is 17.5 Å². The monoisotopic (exact) mass is 568 g/mol. The zero-order chi connectivity index (χ0) is 29.0. The molecular formula is C30H24F8O2. The van der Waals surface area contributed by atoms with Crippen molar-refractivity contribution in [3.8, 4) is 22.6 Å². The molecule has 0 saturated carbocycles. The Kier molecular flexibility index (Phi) is 8.85. The molecule has 0 N–H and O–H groups in total. The second kappa shape index (κ2) is 12.1. The summed E-state index contributed by atoms with van der Waals surface area (Å²) < 4.78 is 119. The molecule has 0 fully saturated rings. The average molecular weight is 569 g/mol. The second-order valence-electron chi connectivity index (χ2n) is 9.23. The van der Waals surface area contributed by atoms with Gasteiger partial charge in [0.2, 0.25) is 5.75 Å². The van der Waals surface area contributed by atoms with Gasteiger partial charge in [-0.05, 0) is 59.5 Å². The van der Waals surface area contributed by atoms with Crippen LogP contribution in [0.2, 0.25) is 0 Å². The van der Waals surface area contributed by atoms with Crippen molar-refractivity contribution in [3.05, 3.63) is 94.8 Å². The Labute approximate surface area is 225 Å². The lowest BCUT2D eigenvalue weighted by atomic mass is 9.96. The zero-order valence-electron chi connectivity index (χ0n) is 21.3. The first-order chi connectivity index (χ1) is 19.0. The maximum Gasteiger partial charge on any atom is 0.573 e. The third-order valence-corrected chi connectivity index (χ3v) is 6.31. The van der Waals surface area contributed by atoms with Gasteiger partial charge in [0.25, 0.3) is 0 Å². The number of benzene rings is 4. The summed E-state index contributed by atoms with van der Waals surface area (Å²) in [6.07, 6.45) is -2.69. The molecule has 0 aliphatic carbocycles. The van der Waals surface area contributed by atoms with Gasteiger partial charge in [0.05, 0.1) is 12.2 Å². The van der Waals surface area contributed by atoms with Gasteiger partial charge < -0.3 is 9.47 Å². The molecule has 0 bridgehead atoms. The van der Waals surface area contributed by atoms with Crippen LogP contribution in [0.3, 0.4) is 0 Å². The third kappa shape index (κ3) is 6.84. The van der Waals surface area contributed by atoms with Gasteiger partial charge in [-0.25, -0.2) is 22.0 Å². The van der Waals surface area contributed by atoms with E-state index in [9.17, 15) is 30.7 Å². The van der Waals surface area contributed by atoms with Crippen molar-refractivity contribution in [3.63, 3.8) is 0 Å². The number of ether oxygens (including phenoxy) is 2. The molecule has 0 aromatic heterocycles. The third-order valence-electron chi connectivity index (χ3n) is 6.31. The number of rotatable bonds is 10. The van der Waals surface area contributed by atoms with Gasteiger partial charge in [-0.3, -0.25) is 0 Å². The van der Waals surface area contributed by atoms with Crippen LogP contribution in [0.5, 0.6) is 11.5 Å².